The van der Waals surface area contributed by atoms with E-state index in [9.17, 15) is 13.2 Å². The van der Waals surface area contributed by atoms with Crippen LogP contribution in [0.3, 0.4) is 0 Å². The Labute approximate surface area is 201 Å². The second kappa shape index (κ2) is 9.04. The van der Waals surface area contributed by atoms with E-state index in [0.717, 1.165) is 17.1 Å². The zero-order valence-corrected chi connectivity index (χ0v) is 20.0. The number of hydrogen-bond donors (Lipinski definition) is 2. The molecule has 182 valence electrons. The molecular weight excluding hydrogens is 472 g/mol. The molecule has 5 rings (SSSR count). The average Bonchev–Trinajstić information content (AvgIpc) is 3.23. The van der Waals surface area contributed by atoms with Crippen LogP contribution in [0.5, 0.6) is 5.75 Å². The van der Waals surface area contributed by atoms with Crippen LogP contribution >= 0.6 is 0 Å². The lowest BCUT2D eigenvalue weighted by atomic mass is 10.3. The van der Waals surface area contributed by atoms with Gasteiger partial charge in [0.25, 0.3) is 0 Å². The Balaban J connectivity index is 1.29. The van der Waals surface area contributed by atoms with Crippen LogP contribution in [0.2, 0.25) is 0 Å². The van der Waals surface area contributed by atoms with Gasteiger partial charge < -0.3 is 19.4 Å². The second-order valence-electron chi connectivity index (χ2n) is 8.11. The summed E-state index contributed by atoms with van der Waals surface area (Å²) < 4.78 is 37.9. The Morgan fingerprint density at radius 2 is 1.77 bits per heavy atom. The van der Waals surface area contributed by atoms with Crippen LogP contribution in [0.15, 0.2) is 62.6 Å². The quantitative estimate of drug-likeness (QED) is 0.413. The number of methoxy groups -OCH3 is 1. The summed E-state index contributed by atoms with van der Waals surface area (Å²) in [7, 11) is -2.11. The predicted molar refractivity (Wildman–Crippen MR) is 131 cm³/mol. The molecule has 1 saturated heterocycles. The topological polar surface area (TPSA) is 134 Å². The number of benzene rings is 2. The van der Waals surface area contributed by atoms with Crippen molar-refractivity contribution in [1.29, 1.82) is 0 Å². The third-order valence-corrected chi connectivity index (χ3v) is 7.65. The summed E-state index contributed by atoms with van der Waals surface area (Å²) in [4.78, 5) is 25.1. The SMILES string of the molecule is COc1ccc(Nc2cc(C)nc(N3CCN(S(=O)(=O)c4ccc5oc(=O)[nH]c5c4)CC3)n2)cc1. The van der Waals surface area contributed by atoms with Crippen LogP contribution in [0, 0.1) is 6.92 Å². The molecule has 0 unspecified atom stereocenters. The van der Waals surface area contributed by atoms with Crippen LogP contribution in [0.1, 0.15) is 5.69 Å². The fraction of sp³-hybridized carbons (Fsp3) is 0.261. The number of anilines is 3. The molecule has 0 saturated carbocycles. The Bertz CT molecular complexity index is 1520. The first kappa shape index (κ1) is 22.9. The van der Waals surface area contributed by atoms with Crippen LogP contribution in [0.25, 0.3) is 11.1 Å². The number of H-pyrrole nitrogens is 1. The molecular formula is C23H24N6O5S. The maximum Gasteiger partial charge on any atom is 0.417 e. The third-order valence-electron chi connectivity index (χ3n) is 5.75. The molecule has 2 aromatic heterocycles. The summed E-state index contributed by atoms with van der Waals surface area (Å²) in [5.74, 6) is 1.33. The molecule has 12 heteroatoms. The number of nitrogens with one attached hydrogen (secondary N) is 2. The molecule has 0 bridgehead atoms. The highest BCUT2D eigenvalue weighted by Crippen LogP contribution is 2.24. The van der Waals surface area contributed by atoms with Gasteiger partial charge in [0, 0.05) is 43.6 Å². The van der Waals surface area contributed by atoms with Crippen molar-refractivity contribution in [3.8, 4) is 5.75 Å². The van der Waals surface area contributed by atoms with Crippen molar-refractivity contribution < 1.29 is 17.6 Å². The van der Waals surface area contributed by atoms with Gasteiger partial charge in [-0.3, -0.25) is 4.98 Å². The molecule has 35 heavy (non-hydrogen) atoms. The number of ether oxygens (including phenoxy) is 1. The number of aryl methyl sites for hydroxylation is 1. The van der Waals surface area contributed by atoms with Gasteiger partial charge in [0.1, 0.15) is 11.6 Å². The number of oxazole rings is 1. The summed E-state index contributed by atoms with van der Waals surface area (Å²) >= 11 is 0. The first-order valence-corrected chi connectivity index (χ1v) is 12.4. The highest BCUT2D eigenvalue weighted by atomic mass is 32.2. The molecule has 4 aromatic rings. The van der Waals surface area contributed by atoms with Crippen molar-refractivity contribution in [2.24, 2.45) is 0 Å². The second-order valence-corrected chi connectivity index (χ2v) is 10.0. The molecule has 0 atom stereocenters. The van der Waals surface area contributed by atoms with Crippen LogP contribution in [-0.4, -0.2) is 61.0 Å². The maximum absolute atomic E-state index is 13.2. The summed E-state index contributed by atoms with van der Waals surface area (Å²) in [6.07, 6.45) is 0. The van der Waals surface area contributed by atoms with E-state index in [1.54, 1.807) is 7.11 Å². The number of aromatic amines is 1. The Morgan fingerprint density at radius 1 is 1.03 bits per heavy atom. The maximum atomic E-state index is 13.2. The third kappa shape index (κ3) is 4.70. The lowest BCUT2D eigenvalue weighted by Gasteiger charge is -2.34. The molecule has 0 aliphatic carbocycles. The summed E-state index contributed by atoms with van der Waals surface area (Å²) in [5.41, 5.74) is 2.32. The standard InChI is InChI=1S/C23H24N6O5S/c1-15-13-21(25-16-3-5-17(33-2)6-4-16)27-22(24-15)28-9-11-29(12-10-28)35(31,32)18-7-8-20-19(14-18)26-23(30)34-20/h3-8,13-14H,9-12H2,1-2H3,(H,26,30)(H,24,25,27). The zero-order chi connectivity index (χ0) is 24.6. The van der Waals surface area contributed by atoms with Crippen LogP contribution in [0.4, 0.5) is 17.5 Å². The summed E-state index contributed by atoms with van der Waals surface area (Å²) in [6.45, 7) is 3.33. The van der Waals surface area contributed by atoms with Crippen LogP contribution < -0.4 is 20.7 Å². The van der Waals surface area contributed by atoms with Gasteiger partial charge in [-0.1, -0.05) is 0 Å². The minimum absolute atomic E-state index is 0.105. The smallest absolute Gasteiger partial charge is 0.417 e. The van der Waals surface area contributed by atoms with E-state index in [1.807, 2.05) is 42.2 Å². The van der Waals surface area contributed by atoms with E-state index in [1.165, 1.54) is 22.5 Å². The lowest BCUT2D eigenvalue weighted by molar-refractivity contribution is 0.382. The van der Waals surface area contributed by atoms with Crippen molar-refractivity contribution in [3.63, 3.8) is 0 Å². The zero-order valence-electron chi connectivity index (χ0n) is 19.2. The number of nitrogens with zero attached hydrogens (tertiary/aromatic N) is 4. The minimum Gasteiger partial charge on any atom is -0.497 e. The summed E-state index contributed by atoms with van der Waals surface area (Å²) in [6, 6.07) is 13.7. The highest BCUT2D eigenvalue weighted by molar-refractivity contribution is 7.89. The molecule has 1 aliphatic heterocycles. The number of sulfonamides is 1. The number of hydrogen-bond acceptors (Lipinski definition) is 9. The van der Waals surface area contributed by atoms with E-state index < -0.39 is 15.8 Å². The first-order chi connectivity index (χ1) is 16.8. The normalized spacial score (nSPS) is 14.9. The molecule has 3 heterocycles. The molecule has 1 aliphatic rings. The average molecular weight is 497 g/mol. The van der Waals surface area contributed by atoms with E-state index in [0.29, 0.717) is 36.0 Å². The van der Waals surface area contributed by atoms with Crippen LogP contribution in [-0.2, 0) is 10.0 Å². The van der Waals surface area contributed by atoms with Gasteiger partial charge in [-0.2, -0.15) is 9.29 Å². The van der Waals surface area contributed by atoms with E-state index in [-0.39, 0.29) is 18.0 Å². The highest BCUT2D eigenvalue weighted by Gasteiger charge is 2.30. The fourth-order valence-corrected chi connectivity index (χ4v) is 5.40. The van der Waals surface area contributed by atoms with Crippen molar-refractivity contribution >= 4 is 38.6 Å². The first-order valence-electron chi connectivity index (χ1n) is 11.0. The number of fused-ring (bicyclic) bond motifs is 1. The van der Waals surface area contributed by atoms with Crippen molar-refractivity contribution in [2.45, 2.75) is 11.8 Å². The Hall–Kier alpha value is -3.90. The molecule has 0 radical (unpaired) electrons. The molecule has 11 nitrogen and oxygen atoms in total. The Kier molecular flexibility index (Phi) is 5.91. The van der Waals surface area contributed by atoms with Gasteiger partial charge >= 0.3 is 5.76 Å². The predicted octanol–water partition coefficient (Wildman–Crippen LogP) is 2.48. The molecule has 0 spiro atoms. The fourth-order valence-electron chi connectivity index (χ4n) is 3.95. The lowest BCUT2D eigenvalue weighted by Crippen LogP contribution is -2.49. The largest absolute Gasteiger partial charge is 0.497 e. The molecule has 1 fully saturated rings. The van der Waals surface area contributed by atoms with Gasteiger partial charge in [-0.15, -0.1) is 0 Å². The Morgan fingerprint density at radius 3 is 2.49 bits per heavy atom. The molecule has 2 aromatic carbocycles. The van der Waals surface area contributed by atoms with Crippen molar-refractivity contribution in [3.05, 3.63) is 64.8 Å². The van der Waals surface area contributed by atoms with Crippen molar-refractivity contribution in [2.75, 3.05) is 43.5 Å². The van der Waals surface area contributed by atoms with E-state index in [4.69, 9.17) is 9.15 Å². The van der Waals surface area contributed by atoms with Crippen molar-refractivity contribution in [1.82, 2.24) is 19.3 Å². The van der Waals surface area contributed by atoms with Gasteiger partial charge in [0.05, 0.1) is 17.5 Å². The number of aromatic nitrogens is 3. The van der Waals surface area contributed by atoms with Gasteiger partial charge in [0.15, 0.2) is 5.58 Å². The van der Waals surface area contributed by atoms with Gasteiger partial charge in [-0.25, -0.2) is 18.2 Å². The monoisotopic (exact) mass is 496 g/mol. The van der Waals surface area contributed by atoms with Gasteiger partial charge in [-0.05, 0) is 49.4 Å². The van der Waals surface area contributed by atoms with Gasteiger partial charge in [0.2, 0.25) is 16.0 Å². The summed E-state index contributed by atoms with van der Waals surface area (Å²) in [5, 5.41) is 3.27. The molecule has 2 N–H and O–H groups in total. The minimum atomic E-state index is -3.73. The number of rotatable bonds is 6. The van der Waals surface area contributed by atoms with E-state index in [2.05, 4.69) is 20.3 Å². The van der Waals surface area contributed by atoms with E-state index >= 15 is 0 Å². The molecule has 0 amide bonds. The number of piperazine rings is 1.